The Bertz CT molecular complexity index is 1090. The maximum atomic E-state index is 13.7. The Morgan fingerprint density at radius 1 is 1.21 bits per heavy atom. The number of nitrogens with one attached hydrogen (secondary N) is 2. The topological polar surface area (TPSA) is 101 Å². The van der Waals surface area contributed by atoms with Crippen molar-refractivity contribution in [1.29, 1.82) is 0 Å². The number of amides is 1. The number of alkyl halides is 5. The van der Waals surface area contributed by atoms with Crippen LogP contribution in [-0.2, 0) is 9.84 Å². The molecule has 0 spiro atoms. The molecular weight excluding hydrogens is 491 g/mol. The van der Waals surface area contributed by atoms with Crippen molar-refractivity contribution < 1.29 is 35.2 Å². The molecule has 182 valence electrons. The van der Waals surface area contributed by atoms with Crippen LogP contribution < -0.4 is 10.6 Å². The molecular formula is C19H21F5N4O3S2. The second kappa shape index (κ2) is 9.87. The maximum Gasteiger partial charge on any atom is 0.408 e. The Labute approximate surface area is 190 Å². The van der Waals surface area contributed by atoms with Crippen LogP contribution in [0.4, 0.5) is 27.8 Å². The molecule has 0 bridgehead atoms. The van der Waals surface area contributed by atoms with Gasteiger partial charge in [-0.15, -0.1) is 11.3 Å². The van der Waals surface area contributed by atoms with Gasteiger partial charge in [0.25, 0.3) is 12.3 Å². The fraction of sp³-hybridized carbons (Fsp3) is 0.526. The molecule has 7 nitrogen and oxygen atoms in total. The average Bonchev–Trinajstić information content (AvgIpc) is 3.22. The van der Waals surface area contributed by atoms with Crippen LogP contribution in [0.15, 0.2) is 18.5 Å². The van der Waals surface area contributed by atoms with Crippen LogP contribution >= 0.6 is 11.3 Å². The highest BCUT2D eigenvalue weighted by molar-refractivity contribution is 7.91. The molecule has 14 heteroatoms. The van der Waals surface area contributed by atoms with Gasteiger partial charge in [-0.2, -0.15) is 13.2 Å². The van der Waals surface area contributed by atoms with Crippen molar-refractivity contribution in [1.82, 2.24) is 15.3 Å². The van der Waals surface area contributed by atoms with Gasteiger partial charge in [0, 0.05) is 29.6 Å². The summed E-state index contributed by atoms with van der Waals surface area (Å²) in [6.45, 7) is 1.31. The van der Waals surface area contributed by atoms with Crippen LogP contribution in [-0.4, -0.2) is 54.1 Å². The van der Waals surface area contributed by atoms with Crippen LogP contribution in [0.2, 0.25) is 0 Å². The molecule has 3 rings (SSSR count). The first-order valence-electron chi connectivity index (χ1n) is 9.98. The second-order valence-electron chi connectivity index (χ2n) is 7.53. The number of aromatic nitrogens is 2. The first-order valence-corrected chi connectivity index (χ1v) is 12.6. The molecule has 1 atom stereocenters. The van der Waals surface area contributed by atoms with E-state index in [0.717, 1.165) is 23.6 Å². The zero-order chi connectivity index (χ0) is 24.4. The minimum Gasteiger partial charge on any atom is -0.359 e. The van der Waals surface area contributed by atoms with Gasteiger partial charge in [0.2, 0.25) is 0 Å². The van der Waals surface area contributed by atoms with Gasteiger partial charge < -0.3 is 10.6 Å². The Morgan fingerprint density at radius 3 is 2.45 bits per heavy atom. The molecule has 3 heterocycles. The number of hydrogen-bond acceptors (Lipinski definition) is 7. The zero-order valence-corrected chi connectivity index (χ0v) is 19.0. The minimum absolute atomic E-state index is 0.0102. The van der Waals surface area contributed by atoms with Gasteiger partial charge in [-0.05, 0) is 25.3 Å². The molecule has 1 aliphatic heterocycles. The monoisotopic (exact) mass is 512 g/mol. The lowest BCUT2D eigenvalue weighted by Gasteiger charge is -2.22. The number of sulfone groups is 1. The Balaban J connectivity index is 1.77. The van der Waals surface area contributed by atoms with Gasteiger partial charge >= 0.3 is 6.18 Å². The number of carbonyl (C=O) groups excluding carboxylic acids is 1. The standard InChI is InChI=1S/C19H21F5N4O3S2/c1-2-14(19(22,23)24)28-15-7-11(16(20)21)12(8-25-15)13-9-26-18(32-13)17(29)27-10-3-5-33(30,31)6-4-10/h7-10,14,16H,2-6H2,1H3,(H,25,28)(H,27,29)/t14-/m0/s1. The van der Waals surface area contributed by atoms with E-state index in [-0.39, 0.29) is 58.1 Å². The van der Waals surface area contributed by atoms with Crippen molar-refractivity contribution in [3.63, 3.8) is 0 Å². The lowest BCUT2D eigenvalue weighted by molar-refractivity contribution is -0.142. The van der Waals surface area contributed by atoms with Gasteiger partial charge in [-0.25, -0.2) is 27.2 Å². The third kappa shape index (κ3) is 6.37. The number of halogens is 5. The van der Waals surface area contributed by atoms with E-state index in [0.29, 0.717) is 0 Å². The van der Waals surface area contributed by atoms with Gasteiger partial charge in [0.15, 0.2) is 5.01 Å². The summed E-state index contributed by atoms with van der Waals surface area (Å²) in [5.41, 5.74) is -0.589. The molecule has 1 aliphatic rings. The van der Waals surface area contributed by atoms with Crippen LogP contribution in [0, 0.1) is 0 Å². The van der Waals surface area contributed by atoms with Gasteiger partial charge in [0.1, 0.15) is 21.7 Å². The summed E-state index contributed by atoms with van der Waals surface area (Å²) < 4.78 is 89.3. The predicted octanol–water partition coefficient (Wildman–Crippen LogP) is 4.20. The summed E-state index contributed by atoms with van der Waals surface area (Å²) in [6.07, 6.45) is -5.09. The third-order valence-corrected chi connectivity index (χ3v) is 7.90. The van der Waals surface area contributed by atoms with E-state index in [1.165, 1.54) is 13.1 Å². The fourth-order valence-electron chi connectivity index (χ4n) is 3.32. The van der Waals surface area contributed by atoms with Crippen molar-refractivity contribution in [2.45, 2.75) is 50.9 Å². The summed E-state index contributed by atoms with van der Waals surface area (Å²) in [4.78, 5) is 20.4. The van der Waals surface area contributed by atoms with Crippen LogP contribution in [0.25, 0.3) is 10.4 Å². The molecule has 2 N–H and O–H groups in total. The summed E-state index contributed by atoms with van der Waals surface area (Å²) in [5.74, 6) is -0.958. The van der Waals surface area contributed by atoms with E-state index in [2.05, 4.69) is 20.6 Å². The summed E-state index contributed by atoms with van der Waals surface area (Å²) >= 11 is 0.827. The molecule has 0 aromatic carbocycles. The van der Waals surface area contributed by atoms with Gasteiger partial charge in [-0.3, -0.25) is 4.79 Å². The molecule has 0 aliphatic carbocycles. The first-order chi connectivity index (χ1) is 15.4. The number of rotatable bonds is 7. The number of pyridine rings is 1. The van der Waals surface area contributed by atoms with Crippen LogP contribution in [0.5, 0.6) is 0 Å². The first kappa shape index (κ1) is 25.3. The summed E-state index contributed by atoms with van der Waals surface area (Å²) in [5, 5.41) is 4.81. The van der Waals surface area contributed by atoms with Gasteiger partial charge in [0.05, 0.1) is 16.4 Å². The number of hydrogen-bond donors (Lipinski definition) is 2. The highest BCUT2D eigenvalue weighted by Gasteiger charge is 2.38. The molecule has 2 aromatic heterocycles. The van der Waals surface area contributed by atoms with Crippen molar-refractivity contribution in [2.75, 3.05) is 16.8 Å². The van der Waals surface area contributed by atoms with Crippen LogP contribution in [0.1, 0.15) is 48.0 Å². The predicted molar refractivity (Wildman–Crippen MR) is 113 cm³/mol. The fourth-order valence-corrected chi connectivity index (χ4v) is 5.66. The van der Waals surface area contributed by atoms with Crippen molar-refractivity contribution in [3.05, 3.63) is 29.0 Å². The minimum atomic E-state index is -4.57. The maximum absolute atomic E-state index is 13.7. The number of carbonyl (C=O) groups is 1. The SMILES string of the molecule is CC[C@H](Nc1cc(C(F)F)c(-c2cnc(C(=O)NC3CCS(=O)(=O)CC3)s2)cn1)C(F)(F)F. The molecule has 33 heavy (non-hydrogen) atoms. The van der Waals surface area contributed by atoms with E-state index in [1.54, 1.807) is 0 Å². The third-order valence-electron chi connectivity index (χ3n) is 5.15. The lowest BCUT2D eigenvalue weighted by Crippen LogP contribution is -2.40. The molecule has 1 amide bonds. The number of anilines is 1. The van der Waals surface area contributed by atoms with Gasteiger partial charge in [-0.1, -0.05) is 6.92 Å². The number of nitrogens with zero attached hydrogens (tertiary/aromatic N) is 2. The van der Waals surface area contributed by atoms with E-state index in [1.807, 2.05) is 0 Å². The summed E-state index contributed by atoms with van der Waals surface area (Å²) in [6, 6.07) is -1.41. The highest BCUT2D eigenvalue weighted by atomic mass is 32.2. The smallest absolute Gasteiger partial charge is 0.359 e. The largest absolute Gasteiger partial charge is 0.408 e. The molecule has 1 saturated heterocycles. The highest BCUT2D eigenvalue weighted by Crippen LogP contribution is 2.36. The lowest BCUT2D eigenvalue weighted by atomic mass is 10.1. The van der Waals surface area contributed by atoms with Crippen molar-refractivity contribution >= 4 is 32.9 Å². The molecule has 0 unspecified atom stereocenters. The van der Waals surface area contributed by atoms with E-state index < -0.39 is 40.0 Å². The second-order valence-corrected chi connectivity index (χ2v) is 10.9. The van der Waals surface area contributed by atoms with E-state index in [9.17, 15) is 35.2 Å². The van der Waals surface area contributed by atoms with E-state index in [4.69, 9.17) is 0 Å². The quantitative estimate of drug-likeness (QED) is 0.540. The van der Waals surface area contributed by atoms with Crippen molar-refractivity contribution in [3.8, 4) is 10.4 Å². The average molecular weight is 513 g/mol. The zero-order valence-electron chi connectivity index (χ0n) is 17.3. The Kier molecular flexibility index (Phi) is 7.56. The molecule has 0 radical (unpaired) electrons. The molecule has 1 fully saturated rings. The van der Waals surface area contributed by atoms with Crippen molar-refractivity contribution in [2.24, 2.45) is 0 Å². The summed E-state index contributed by atoms with van der Waals surface area (Å²) in [7, 11) is -3.09. The van der Waals surface area contributed by atoms with E-state index >= 15 is 0 Å². The molecule has 0 saturated carbocycles. The molecule has 2 aromatic rings. The van der Waals surface area contributed by atoms with Crippen LogP contribution in [0.3, 0.4) is 0 Å². The Morgan fingerprint density at radius 2 is 1.88 bits per heavy atom. The number of thiazole rings is 1. The normalized spacial score (nSPS) is 17.7. The Hall–Kier alpha value is -2.35.